The minimum Gasteiger partial charge on any atom is -0.411 e. The van der Waals surface area contributed by atoms with Gasteiger partial charge in [-0.2, -0.15) is 0 Å². The molecule has 2 atom stereocenters. The van der Waals surface area contributed by atoms with Crippen molar-refractivity contribution in [2.75, 3.05) is 26.4 Å². The van der Waals surface area contributed by atoms with Gasteiger partial charge in [0.15, 0.2) is 0 Å². The molecule has 1 fully saturated rings. The monoisotopic (exact) mass is 174 g/mol. The minimum atomic E-state index is -0.226. The van der Waals surface area contributed by atoms with E-state index in [1.54, 1.807) is 0 Å². The molecule has 0 spiro atoms. The van der Waals surface area contributed by atoms with E-state index in [1.807, 2.05) is 6.82 Å². The summed E-state index contributed by atoms with van der Waals surface area (Å²) in [6.07, 6.45) is 0. The molecule has 5 heteroatoms. The molecule has 0 aliphatic carbocycles. The van der Waals surface area contributed by atoms with Crippen LogP contribution in [0.2, 0.25) is 6.82 Å². The molecule has 0 amide bonds. The standard InChI is InChI=1S/C7H15BO4/c1-8-11-4-6(2-9)7(3-10)5-12-8/h6-7,9-10H,2-5H2,1H3. The average Bonchev–Trinajstić information content (AvgIpc) is 2.27. The SMILES string of the molecule is CB1OCC(CO)C(CO)CO1. The quantitative estimate of drug-likeness (QED) is 0.547. The van der Waals surface area contributed by atoms with E-state index in [4.69, 9.17) is 19.5 Å². The lowest BCUT2D eigenvalue weighted by Crippen LogP contribution is -2.26. The van der Waals surface area contributed by atoms with Crippen LogP contribution in [-0.2, 0) is 9.31 Å². The van der Waals surface area contributed by atoms with Gasteiger partial charge in [-0.05, 0) is 6.82 Å². The highest BCUT2D eigenvalue weighted by molar-refractivity contribution is 6.42. The van der Waals surface area contributed by atoms with Crippen LogP contribution in [0.1, 0.15) is 0 Å². The molecule has 2 unspecified atom stereocenters. The molecule has 70 valence electrons. The Morgan fingerprint density at radius 3 is 1.92 bits per heavy atom. The fourth-order valence-electron chi connectivity index (χ4n) is 1.24. The van der Waals surface area contributed by atoms with Gasteiger partial charge in [-0.25, -0.2) is 0 Å². The summed E-state index contributed by atoms with van der Waals surface area (Å²) >= 11 is 0. The molecule has 0 aromatic carbocycles. The van der Waals surface area contributed by atoms with Gasteiger partial charge in [0.05, 0.1) is 0 Å². The number of aliphatic hydroxyl groups is 2. The number of hydrogen-bond acceptors (Lipinski definition) is 4. The molecule has 0 saturated carbocycles. The van der Waals surface area contributed by atoms with Crippen LogP contribution in [-0.4, -0.2) is 43.8 Å². The lowest BCUT2D eigenvalue weighted by atomic mass is 9.95. The Hall–Kier alpha value is -0.0951. The van der Waals surface area contributed by atoms with Crippen LogP contribution < -0.4 is 0 Å². The zero-order chi connectivity index (χ0) is 8.97. The second kappa shape index (κ2) is 4.82. The van der Waals surface area contributed by atoms with E-state index < -0.39 is 0 Å². The molecular formula is C7H15BO4. The number of hydrogen-bond donors (Lipinski definition) is 2. The Bertz CT molecular complexity index is 119. The fraction of sp³-hybridized carbons (Fsp3) is 1.00. The van der Waals surface area contributed by atoms with E-state index in [1.165, 1.54) is 0 Å². The molecule has 1 saturated heterocycles. The second-order valence-electron chi connectivity index (χ2n) is 3.12. The highest BCUT2D eigenvalue weighted by Crippen LogP contribution is 2.16. The molecular weight excluding hydrogens is 159 g/mol. The molecule has 1 aliphatic heterocycles. The summed E-state index contributed by atoms with van der Waals surface area (Å²) in [5, 5.41) is 17.9. The normalized spacial score (nSPS) is 31.8. The highest BCUT2D eigenvalue weighted by atomic mass is 16.6. The van der Waals surface area contributed by atoms with Gasteiger partial charge in [0.25, 0.3) is 0 Å². The minimum absolute atomic E-state index is 0.0000463. The van der Waals surface area contributed by atoms with Crippen LogP contribution >= 0.6 is 0 Å². The van der Waals surface area contributed by atoms with Crippen LogP contribution in [0.3, 0.4) is 0 Å². The third kappa shape index (κ3) is 2.45. The summed E-state index contributed by atoms with van der Waals surface area (Å²) in [6.45, 7) is 2.82. The Kier molecular flexibility index (Phi) is 4.01. The van der Waals surface area contributed by atoms with Gasteiger partial charge in [0.2, 0.25) is 0 Å². The Morgan fingerprint density at radius 1 is 1.17 bits per heavy atom. The summed E-state index contributed by atoms with van der Waals surface area (Å²) in [4.78, 5) is 0. The van der Waals surface area contributed by atoms with E-state index in [0.29, 0.717) is 13.2 Å². The molecule has 1 aliphatic rings. The van der Waals surface area contributed by atoms with Crippen molar-refractivity contribution in [3.05, 3.63) is 0 Å². The summed E-state index contributed by atoms with van der Waals surface area (Å²) < 4.78 is 10.5. The van der Waals surface area contributed by atoms with Crippen LogP contribution in [0.5, 0.6) is 0 Å². The van der Waals surface area contributed by atoms with Crippen LogP contribution in [0.25, 0.3) is 0 Å². The fourth-order valence-corrected chi connectivity index (χ4v) is 1.24. The molecule has 1 rings (SSSR count). The van der Waals surface area contributed by atoms with Gasteiger partial charge in [-0.15, -0.1) is 0 Å². The van der Waals surface area contributed by atoms with Crippen molar-refractivity contribution in [1.82, 2.24) is 0 Å². The Balaban J connectivity index is 2.47. The lowest BCUT2D eigenvalue weighted by Gasteiger charge is -2.19. The maximum Gasteiger partial charge on any atom is 0.453 e. The maximum absolute atomic E-state index is 8.96. The summed E-state index contributed by atoms with van der Waals surface area (Å²) in [5.41, 5.74) is 0. The first-order valence-electron chi connectivity index (χ1n) is 4.22. The van der Waals surface area contributed by atoms with Gasteiger partial charge in [0, 0.05) is 38.3 Å². The van der Waals surface area contributed by atoms with Crippen molar-refractivity contribution in [3.63, 3.8) is 0 Å². The van der Waals surface area contributed by atoms with Crippen molar-refractivity contribution in [3.8, 4) is 0 Å². The van der Waals surface area contributed by atoms with Crippen LogP contribution in [0, 0.1) is 11.8 Å². The van der Waals surface area contributed by atoms with Crippen molar-refractivity contribution >= 4 is 7.12 Å². The first kappa shape index (κ1) is 9.99. The van der Waals surface area contributed by atoms with Crippen molar-refractivity contribution < 1.29 is 19.5 Å². The number of rotatable bonds is 2. The van der Waals surface area contributed by atoms with E-state index in [2.05, 4.69) is 0 Å². The maximum atomic E-state index is 8.96. The zero-order valence-electron chi connectivity index (χ0n) is 7.27. The summed E-state index contributed by atoms with van der Waals surface area (Å²) in [7, 11) is -0.226. The molecule has 0 radical (unpaired) electrons. The van der Waals surface area contributed by atoms with Gasteiger partial charge >= 0.3 is 7.12 Å². The van der Waals surface area contributed by atoms with Gasteiger partial charge < -0.3 is 19.5 Å². The molecule has 12 heavy (non-hydrogen) atoms. The highest BCUT2D eigenvalue weighted by Gasteiger charge is 2.27. The lowest BCUT2D eigenvalue weighted by molar-refractivity contribution is 0.0821. The van der Waals surface area contributed by atoms with Crippen molar-refractivity contribution in [2.24, 2.45) is 11.8 Å². The van der Waals surface area contributed by atoms with Gasteiger partial charge in [-0.3, -0.25) is 0 Å². The van der Waals surface area contributed by atoms with E-state index in [-0.39, 0.29) is 32.2 Å². The first-order chi connectivity index (χ1) is 5.77. The number of aliphatic hydroxyl groups excluding tert-OH is 2. The van der Waals surface area contributed by atoms with E-state index >= 15 is 0 Å². The topological polar surface area (TPSA) is 58.9 Å². The first-order valence-corrected chi connectivity index (χ1v) is 4.22. The van der Waals surface area contributed by atoms with Gasteiger partial charge in [0.1, 0.15) is 0 Å². The predicted octanol–water partition coefficient (Wildman–Crippen LogP) is -0.632. The van der Waals surface area contributed by atoms with Crippen molar-refractivity contribution in [2.45, 2.75) is 6.82 Å². The molecule has 0 aromatic heterocycles. The second-order valence-corrected chi connectivity index (χ2v) is 3.12. The summed E-state index contributed by atoms with van der Waals surface area (Å²) in [6, 6.07) is 0. The van der Waals surface area contributed by atoms with Crippen molar-refractivity contribution in [1.29, 1.82) is 0 Å². The molecule has 2 N–H and O–H groups in total. The van der Waals surface area contributed by atoms with E-state index in [0.717, 1.165) is 0 Å². The third-order valence-electron chi connectivity index (χ3n) is 2.23. The Morgan fingerprint density at radius 2 is 1.58 bits per heavy atom. The zero-order valence-corrected chi connectivity index (χ0v) is 7.27. The third-order valence-corrected chi connectivity index (χ3v) is 2.23. The van der Waals surface area contributed by atoms with E-state index in [9.17, 15) is 0 Å². The molecule has 1 heterocycles. The summed E-state index contributed by atoms with van der Waals surface area (Å²) in [5.74, 6) is -0.0000926. The van der Waals surface area contributed by atoms with Crippen LogP contribution in [0.4, 0.5) is 0 Å². The molecule has 0 bridgehead atoms. The van der Waals surface area contributed by atoms with Crippen LogP contribution in [0.15, 0.2) is 0 Å². The smallest absolute Gasteiger partial charge is 0.411 e. The average molecular weight is 174 g/mol. The van der Waals surface area contributed by atoms with Gasteiger partial charge in [-0.1, -0.05) is 0 Å². The molecule has 4 nitrogen and oxygen atoms in total. The largest absolute Gasteiger partial charge is 0.453 e. The Labute approximate surface area is 72.6 Å². The predicted molar refractivity (Wildman–Crippen MR) is 44.7 cm³/mol. The molecule has 0 aromatic rings.